The molecule has 2 rings (SSSR count). The molecular weight excluding hydrogens is 210 g/mol. The van der Waals surface area contributed by atoms with Crippen LogP contribution in [0.5, 0.6) is 0 Å². The van der Waals surface area contributed by atoms with Gasteiger partial charge in [0.2, 0.25) is 0 Å². The van der Waals surface area contributed by atoms with Crippen LogP contribution in [0.1, 0.15) is 12.0 Å². The standard InChI is InChI=1S/C15H17NO/c1-17-15(16)11-9-14(10-12-15)8-7-13-5-3-2-4-6-13/h2-11H,12,16H2,1H3. The van der Waals surface area contributed by atoms with E-state index in [1.807, 2.05) is 30.4 Å². The largest absolute Gasteiger partial charge is 0.360 e. The molecule has 0 fully saturated rings. The SMILES string of the molecule is COC1(N)C=CC(C=Cc2ccccc2)=CC1. The predicted molar refractivity (Wildman–Crippen MR) is 71.2 cm³/mol. The Morgan fingerprint density at radius 2 is 2.00 bits per heavy atom. The fraction of sp³-hybridized carbons (Fsp3) is 0.200. The maximum Gasteiger partial charge on any atom is 0.139 e. The van der Waals surface area contributed by atoms with E-state index in [1.54, 1.807) is 7.11 Å². The second-order valence-electron chi connectivity index (χ2n) is 4.14. The Morgan fingerprint density at radius 3 is 2.59 bits per heavy atom. The third-order valence-corrected chi connectivity index (χ3v) is 2.86. The van der Waals surface area contributed by atoms with Gasteiger partial charge in [0.15, 0.2) is 0 Å². The van der Waals surface area contributed by atoms with Gasteiger partial charge in [0, 0.05) is 13.5 Å². The fourth-order valence-electron chi connectivity index (χ4n) is 1.68. The molecule has 1 aliphatic carbocycles. The van der Waals surface area contributed by atoms with Crippen LogP contribution in [0.3, 0.4) is 0 Å². The molecule has 0 aromatic heterocycles. The molecule has 0 radical (unpaired) electrons. The number of allylic oxidation sites excluding steroid dienone is 3. The van der Waals surface area contributed by atoms with Crippen molar-refractivity contribution in [3.8, 4) is 0 Å². The normalized spacial score (nSPS) is 24.0. The lowest BCUT2D eigenvalue weighted by Crippen LogP contribution is -2.40. The van der Waals surface area contributed by atoms with Crippen LogP contribution in [-0.4, -0.2) is 12.8 Å². The number of ether oxygens (including phenoxy) is 1. The Bertz CT molecular complexity index is 459. The summed E-state index contributed by atoms with van der Waals surface area (Å²) < 4.78 is 5.21. The first-order valence-corrected chi connectivity index (χ1v) is 5.68. The highest BCUT2D eigenvalue weighted by molar-refractivity contribution is 5.55. The summed E-state index contributed by atoms with van der Waals surface area (Å²) >= 11 is 0. The minimum Gasteiger partial charge on any atom is -0.360 e. The van der Waals surface area contributed by atoms with Crippen LogP contribution in [0.15, 0.2) is 60.2 Å². The Labute approximate surface area is 102 Å². The van der Waals surface area contributed by atoms with E-state index < -0.39 is 5.72 Å². The van der Waals surface area contributed by atoms with Gasteiger partial charge in [-0.25, -0.2) is 0 Å². The third-order valence-electron chi connectivity index (χ3n) is 2.86. The lowest BCUT2D eigenvalue weighted by molar-refractivity contribution is 0.0394. The van der Waals surface area contributed by atoms with Gasteiger partial charge in [-0.05, 0) is 17.2 Å². The minimum absolute atomic E-state index is 0.635. The van der Waals surface area contributed by atoms with E-state index in [-0.39, 0.29) is 0 Å². The smallest absolute Gasteiger partial charge is 0.139 e. The first-order valence-electron chi connectivity index (χ1n) is 5.68. The van der Waals surface area contributed by atoms with E-state index in [0.717, 1.165) is 5.57 Å². The van der Waals surface area contributed by atoms with Crippen LogP contribution in [0.25, 0.3) is 6.08 Å². The molecule has 0 spiro atoms. The number of rotatable bonds is 3. The molecule has 17 heavy (non-hydrogen) atoms. The first kappa shape index (κ1) is 11.8. The zero-order valence-corrected chi connectivity index (χ0v) is 9.97. The van der Waals surface area contributed by atoms with Crippen molar-refractivity contribution in [1.82, 2.24) is 0 Å². The Kier molecular flexibility index (Phi) is 3.57. The van der Waals surface area contributed by atoms with E-state index in [4.69, 9.17) is 10.5 Å². The van der Waals surface area contributed by atoms with Crippen molar-refractivity contribution in [3.05, 3.63) is 65.8 Å². The molecule has 0 aliphatic heterocycles. The number of hydrogen-bond acceptors (Lipinski definition) is 2. The van der Waals surface area contributed by atoms with Gasteiger partial charge < -0.3 is 4.74 Å². The van der Waals surface area contributed by atoms with Crippen LogP contribution >= 0.6 is 0 Å². The monoisotopic (exact) mass is 227 g/mol. The predicted octanol–water partition coefficient (Wildman–Crippen LogP) is 2.89. The van der Waals surface area contributed by atoms with Crippen LogP contribution in [0, 0.1) is 0 Å². The number of methoxy groups -OCH3 is 1. The van der Waals surface area contributed by atoms with Crippen molar-refractivity contribution in [1.29, 1.82) is 0 Å². The second kappa shape index (κ2) is 5.13. The molecule has 0 heterocycles. The topological polar surface area (TPSA) is 35.2 Å². The van der Waals surface area contributed by atoms with E-state index in [1.165, 1.54) is 5.56 Å². The molecule has 1 unspecified atom stereocenters. The Morgan fingerprint density at radius 1 is 1.24 bits per heavy atom. The van der Waals surface area contributed by atoms with Gasteiger partial charge in [-0.15, -0.1) is 0 Å². The maximum absolute atomic E-state index is 5.95. The first-order chi connectivity index (χ1) is 8.22. The van der Waals surface area contributed by atoms with Crippen molar-refractivity contribution in [3.63, 3.8) is 0 Å². The number of hydrogen-bond donors (Lipinski definition) is 1. The minimum atomic E-state index is -0.635. The van der Waals surface area contributed by atoms with Crippen molar-refractivity contribution >= 4 is 6.08 Å². The average Bonchev–Trinajstić information content (AvgIpc) is 2.39. The van der Waals surface area contributed by atoms with Crippen LogP contribution in [0.4, 0.5) is 0 Å². The molecule has 2 N–H and O–H groups in total. The van der Waals surface area contributed by atoms with Gasteiger partial charge in [0.1, 0.15) is 5.72 Å². The summed E-state index contributed by atoms with van der Waals surface area (Å²) in [6, 6.07) is 10.2. The van der Waals surface area contributed by atoms with Gasteiger partial charge in [-0.1, -0.05) is 54.6 Å². The lowest BCUT2D eigenvalue weighted by Gasteiger charge is -2.25. The molecule has 2 heteroatoms. The molecular formula is C15H17NO. The Hall–Kier alpha value is -1.64. The van der Waals surface area contributed by atoms with E-state index in [2.05, 4.69) is 30.4 Å². The molecule has 88 valence electrons. The van der Waals surface area contributed by atoms with Crippen molar-refractivity contribution in [2.75, 3.05) is 7.11 Å². The highest BCUT2D eigenvalue weighted by atomic mass is 16.5. The molecule has 0 saturated carbocycles. The quantitative estimate of drug-likeness (QED) is 0.806. The summed E-state index contributed by atoms with van der Waals surface area (Å²) in [5, 5.41) is 0. The maximum atomic E-state index is 5.95. The molecule has 1 aromatic carbocycles. The van der Waals surface area contributed by atoms with E-state index >= 15 is 0 Å². The Balaban J connectivity index is 2.03. The number of benzene rings is 1. The summed E-state index contributed by atoms with van der Waals surface area (Å²) in [6.45, 7) is 0. The van der Waals surface area contributed by atoms with Gasteiger partial charge in [0.25, 0.3) is 0 Å². The van der Waals surface area contributed by atoms with Crippen molar-refractivity contribution < 1.29 is 4.74 Å². The molecule has 1 aliphatic rings. The summed E-state index contributed by atoms with van der Waals surface area (Å²) in [5.74, 6) is 0. The summed E-state index contributed by atoms with van der Waals surface area (Å²) in [6.07, 6.45) is 10.9. The van der Waals surface area contributed by atoms with Crippen LogP contribution in [-0.2, 0) is 4.74 Å². The van der Waals surface area contributed by atoms with Crippen LogP contribution < -0.4 is 5.73 Å². The molecule has 0 bridgehead atoms. The van der Waals surface area contributed by atoms with Gasteiger partial charge in [-0.3, -0.25) is 5.73 Å². The summed E-state index contributed by atoms with van der Waals surface area (Å²) in [5.41, 5.74) is 7.67. The highest BCUT2D eigenvalue weighted by Crippen LogP contribution is 2.20. The van der Waals surface area contributed by atoms with Crippen LogP contribution in [0.2, 0.25) is 0 Å². The average molecular weight is 227 g/mol. The van der Waals surface area contributed by atoms with Crippen molar-refractivity contribution in [2.24, 2.45) is 5.73 Å². The molecule has 1 atom stereocenters. The molecule has 0 amide bonds. The second-order valence-corrected chi connectivity index (χ2v) is 4.14. The third kappa shape index (κ3) is 3.16. The molecule has 1 aromatic rings. The van der Waals surface area contributed by atoms with E-state index in [0.29, 0.717) is 6.42 Å². The summed E-state index contributed by atoms with van der Waals surface area (Å²) in [7, 11) is 1.63. The van der Waals surface area contributed by atoms with Crippen molar-refractivity contribution in [2.45, 2.75) is 12.1 Å². The summed E-state index contributed by atoms with van der Waals surface area (Å²) in [4.78, 5) is 0. The molecule has 2 nitrogen and oxygen atoms in total. The number of nitrogens with two attached hydrogens (primary N) is 1. The fourth-order valence-corrected chi connectivity index (χ4v) is 1.68. The zero-order chi connectivity index (χ0) is 12.1. The molecule has 0 saturated heterocycles. The van der Waals surface area contributed by atoms with E-state index in [9.17, 15) is 0 Å². The lowest BCUT2D eigenvalue weighted by atomic mass is 9.99. The van der Waals surface area contributed by atoms with Gasteiger partial charge in [-0.2, -0.15) is 0 Å². The van der Waals surface area contributed by atoms with Gasteiger partial charge in [0.05, 0.1) is 0 Å². The van der Waals surface area contributed by atoms with Gasteiger partial charge >= 0.3 is 0 Å². The highest BCUT2D eigenvalue weighted by Gasteiger charge is 2.21. The zero-order valence-electron chi connectivity index (χ0n) is 9.97.